The van der Waals surface area contributed by atoms with Gasteiger partial charge in [0.15, 0.2) is 0 Å². The third kappa shape index (κ3) is 0.684. The maximum Gasteiger partial charge on any atom is 0.112 e. The molecule has 1 radical (unpaired) electrons. The minimum Gasteiger partial charge on any atom is -0.616 e. The number of rotatable bonds is 0. The van der Waals surface area contributed by atoms with Crippen LogP contribution in [0.3, 0.4) is 0 Å². The molecule has 0 aromatic carbocycles. The van der Waals surface area contributed by atoms with Crippen molar-refractivity contribution < 1.29 is 4.55 Å². The Morgan fingerprint density at radius 2 is 2.17 bits per heavy atom. The summed E-state index contributed by atoms with van der Waals surface area (Å²) in [6.07, 6.45) is 0. The molecule has 1 heterocycles. The standard InChI is InChI=1S/C4H7OS/c1-4-2-6(5)3-4/h4H,1-3H2. The third-order valence-corrected chi connectivity index (χ3v) is 2.53. The Kier molecular flexibility index (Phi) is 1.06. The van der Waals surface area contributed by atoms with Crippen molar-refractivity contribution in [2.24, 2.45) is 5.92 Å². The van der Waals surface area contributed by atoms with Gasteiger partial charge in [0.1, 0.15) is 11.5 Å². The molecule has 1 nitrogen and oxygen atoms in total. The molecule has 1 aliphatic rings. The third-order valence-electron chi connectivity index (χ3n) is 0.843. The summed E-state index contributed by atoms with van der Waals surface area (Å²) in [6, 6.07) is 0. The first-order chi connectivity index (χ1) is 2.79. The van der Waals surface area contributed by atoms with Gasteiger partial charge >= 0.3 is 0 Å². The van der Waals surface area contributed by atoms with Crippen LogP contribution in [-0.2, 0) is 11.2 Å². The predicted molar refractivity (Wildman–Crippen MR) is 26.7 cm³/mol. The molecule has 1 saturated heterocycles. The zero-order chi connectivity index (χ0) is 4.57. The van der Waals surface area contributed by atoms with Crippen molar-refractivity contribution in [2.45, 2.75) is 0 Å². The molecule has 0 amide bonds. The van der Waals surface area contributed by atoms with Crippen LogP contribution in [0.15, 0.2) is 0 Å². The van der Waals surface area contributed by atoms with Gasteiger partial charge in [-0.2, -0.15) is 0 Å². The van der Waals surface area contributed by atoms with Crippen molar-refractivity contribution in [3.8, 4) is 0 Å². The van der Waals surface area contributed by atoms with Crippen molar-refractivity contribution >= 4 is 11.2 Å². The van der Waals surface area contributed by atoms with Crippen LogP contribution in [0.4, 0.5) is 0 Å². The maximum atomic E-state index is 10.2. The normalized spacial score (nSPS) is 45.0. The lowest BCUT2D eigenvalue weighted by atomic mass is 10.2. The van der Waals surface area contributed by atoms with Crippen LogP contribution < -0.4 is 0 Å². The predicted octanol–water partition coefficient (Wildman–Crippen LogP) is 0.199. The molecule has 6 heavy (non-hydrogen) atoms. The van der Waals surface area contributed by atoms with E-state index in [1.807, 2.05) is 0 Å². The summed E-state index contributed by atoms with van der Waals surface area (Å²) in [5.74, 6) is 2.16. The Morgan fingerprint density at radius 1 is 1.67 bits per heavy atom. The molecule has 35 valence electrons. The van der Waals surface area contributed by atoms with Gasteiger partial charge in [-0.1, -0.05) is 11.2 Å². The minimum atomic E-state index is -0.485. The highest BCUT2D eigenvalue weighted by molar-refractivity contribution is 7.92. The molecule has 0 aromatic heterocycles. The van der Waals surface area contributed by atoms with Gasteiger partial charge in [0.2, 0.25) is 0 Å². The Labute approximate surface area is 40.9 Å². The fourth-order valence-corrected chi connectivity index (χ4v) is 1.43. The second kappa shape index (κ2) is 1.43. The largest absolute Gasteiger partial charge is 0.616 e. The molecule has 0 saturated carbocycles. The van der Waals surface area contributed by atoms with E-state index < -0.39 is 11.2 Å². The summed E-state index contributed by atoms with van der Waals surface area (Å²) < 4.78 is 10.2. The summed E-state index contributed by atoms with van der Waals surface area (Å²) in [5.41, 5.74) is 0. The van der Waals surface area contributed by atoms with Gasteiger partial charge in [0, 0.05) is 5.92 Å². The first-order valence-corrected chi connectivity index (χ1v) is 3.46. The van der Waals surface area contributed by atoms with Crippen LogP contribution in [0.25, 0.3) is 0 Å². The fourth-order valence-electron chi connectivity index (χ4n) is 0.477. The van der Waals surface area contributed by atoms with Crippen molar-refractivity contribution in [3.05, 3.63) is 6.92 Å². The minimum absolute atomic E-state index is 0.485. The summed E-state index contributed by atoms with van der Waals surface area (Å²) in [6.45, 7) is 3.70. The number of hydrogen-bond donors (Lipinski definition) is 0. The molecule has 1 aliphatic heterocycles. The van der Waals surface area contributed by atoms with E-state index in [9.17, 15) is 4.55 Å². The van der Waals surface area contributed by atoms with Crippen molar-refractivity contribution in [1.82, 2.24) is 0 Å². The molecule has 1 rings (SSSR count). The average Bonchev–Trinajstić information content (AvgIpc) is 1.33. The van der Waals surface area contributed by atoms with E-state index in [2.05, 4.69) is 6.92 Å². The Balaban J connectivity index is 2.11. The quantitative estimate of drug-likeness (QED) is 0.402. The Morgan fingerprint density at radius 3 is 2.17 bits per heavy atom. The zero-order valence-corrected chi connectivity index (χ0v) is 4.33. The van der Waals surface area contributed by atoms with Crippen LogP contribution in [0.1, 0.15) is 0 Å². The van der Waals surface area contributed by atoms with Crippen molar-refractivity contribution in [2.75, 3.05) is 11.5 Å². The van der Waals surface area contributed by atoms with Crippen molar-refractivity contribution in [3.63, 3.8) is 0 Å². The molecular formula is C4H7OS. The number of hydrogen-bond acceptors (Lipinski definition) is 1. The van der Waals surface area contributed by atoms with Crippen LogP contribution in [0, 0.1) is 12.8 Å². The van der Waals surface area contributed by atoms with Crippen LogP contribution in [0.2, 0.25) is 0 Å². The summed E-state index contributed by atoms with van der Waals surface area (Å²) >= 11 is -0.485. The van der Waals surface area contributed by atoms with E-state index in [0.717, 1.165) is 11.5 Å². The van der Waals surface area contributed by atoms with Gasteiger partial charge in [-0.3, -0.25) is 0 Å². The van der Waals surface area contributed by atoms with Crippen molar-refractivity contribution in [1.29, 1.82) is 0 Å². The molecule has 0 bridgehead atoms. The molecule has 0 N–H and O–H groups in total. The molecule has 0 atom stereocenters. The molecule has 0 unspecified atom stereocenters. The fraction of sp³-hybridized carbons (Fsp3) is 0.750. The second-order valence-electron chi connectivity index (χ2n) is 1.64. The van der Waals surface area contributed by atoms with E-state index in [-0.39, 0.29) is 0 Å². The molecule has 0 aliphatic carbocycles. The van der Waals surface area contributed by atoms with Crippen LogP contribution in [-0.4, -0.2) is 16.1 Å². The second-order valence-corrected chi connectivity index (χ2v) is 3.19. The van der Waals surface area contributed by atoms with E-state index in [4.69, 9.17) is 0 Å². The zero-order valence-electron chi connectivity index (χ0n) is 3.52. The Hall–Kier alpha value is 0.310. The van der Waals surface area contributed by atoms with Gasteiger partial charge in [0.05, 0.1) is 0 Å². The van der Waals surface area contributed by atoms with Gasteiger partial charge in [-0.25, -0.2) is 0 Å². The van der Waals surface area contributed by atoms with E-state index in [0.29, 0.717) is 5.92 Å². The van der Waals surface area contributed by atoms with E-state index in [1.54, 1.807) is 0 Å². The van der Waals surface area contributed by atoms with Crippen LogP contribution >= 0.6 is 0 Å². The lowest BCUT2D eigenvalue weighted by Gasteiger charge is -2.24. The summed E-state index contributed by atoms with van der Waals surface area (Å²) in [7, 11) is 0. The lowest BCUT2D eigenvalue weighted by molar-refractivity contribution is 0.556. The average molecular weight is 103 g/mol. The summed E-state index contributed by atoms with van der Waals surface area (Å²) in [5, 5.41) is 0. The monoisotopic (exact) mass is 103 g/mol. The summed E-state index contributed by atoms with van der Waals surface area (Å²) in [4.78, 5) is 0. The van der Waals surface area contributed by atoms with E-state index >= 15 is 0 Å². The van der Waals surface area contributed by atoms with Crippen LogP contribution in [0.5, 0.6) is 0 Å². The lowest BCUT2D eigenvalue weighted by Crippen LogP contribution is -2.33. The highest BCUT2D eigenvalue weighted by Gasteiger charge is 2.26. The molecule has 0 spiro atoms. The van der Waals surface area contributed by atoms with Gasteiger partial charge in [-0.05, 0) is 6.92 Å². The SMILES string of the molecule is [CH2]C1C[S+]([O-])C1. The molecule has 2 heteroatoms. The van der Waals surface area contributed by atoms with Gasteiger partial charge in [-0.15, -0.1) is 0 Å². The first kappa shape index (κ1) is 4.47. The molecule has 1 fully saturated rings. The first-order valence-electron chi connectivity index (χ1n) is 1.97. The Bertz CT molecular complexity index is 43.5. The topological polar surface area (TPSA) is 23.1 Å². The smallest absolute Gasteiger partial charge is 0.112 e. The maximum absolute atomic E-state index is 10.2. The van der Waals surface area contributed by atoms with Gasteiger partial charge < -0.3 is 4.55 Å². The highest BCUT2D eigenvalue weighted by Crippen LogP contribution is 2.15. The molecule has 0 aromatic rings. The molecular weight excluding hydrogens is 96.1 g/mol. The highest BCUT2D eigenvalue weighted by atomic mass is 32.2. The van der Waals surface area contributed by atoms with Gasteiger partial charge in [0.25, 0.3) is 0 Å². The van der Waals surface area contributed by atoms with E-state index in [1.165, 1.54) is 0 Å².